The molecule has 2 aromatic rings. The van der Waals surface area contributed by atoms with Crippen molar-refractivity contribution in [1.82, 2.24) is 0 Å². The van der Waals surface area contributed by atoms with Crippen LogP contribution in [0.25, 0.3) is 11.1 Å². The van der Waals surface area contributed by atoms with E-state index < -0.39 is 17.4 Å². The van der Waals surface area contributed by atoms with Gasteiger partial charge in [0.2, 0.25) is 0 Å². The SMILES string of the molecule is CCCCCC(=O)c1ccc2c(c1)C(CCC(=O)O)(CC(=O)OCC)c1cc(C(=O)CCCCC)ccc1-2. The topological polar surface area (TPSA) is 97.7 Å². The van der Waals surface area contributed by atoms with E-state index in [0.717, 1.165) is 60.8 Å². The van der Waals surface area contributed by atoms with E-state index >= 15 is 0 Å². The van der Waals surface area contributed by atoms with Gasteiger partial charge in [0.25, 0.3) is 0 Å². The molecule has 1 aliphatic carbocycles. The van der Waals surface area contributed by atoms with Gasteiger partial charge in [-0.25, -0.2) is 0 Å². The first-order valence-corrected chi connectivity index (χ1v) is 14.0. The molecule has 3 rings (SSSR count). The molecule has 1 N–H and O–H groups in total. The minimum Gasteiger partial charge on any atom is -0.481 e. The lowest BCUT2D eigenvalue weighted by Gasteiger charge is -2.31. The third-order valence-electron chi connectivity index (χ3n) is 7.54. The summed E-state index contributed by atoms with van der Waals surface area (Å²) in [5.41, 5.74) is 3.38. The number of benzene rings is 2. The maximum absolute atomic E-state index is 13.0. The summed E-state index contributed by atoms with van der Waals surface area (Å²) in [6.07, 6.45) is 6.41. The molecule has 0 unspecified atom stereocenters. The summed E-state index contributed by atoms with van der Waals surface area (Å²) >= 11 is 0. The molecule has 0 aromatic heterocycles. The molecule has 0 heterocycles. The molecule has 0 bridgehead atoms. The molecular weight excluding hydrogens is 480 g/mol. The number of hydrogen-bond donors (Lipinski definition) is 1. The van der Waals surface area contributed by atoms with Crippen LogP contribution in [0.2, 0.25) is 0 Å². The van der Waals surface area contributed by atoms with Crippen molar-refractivity contribution in [3.63, 3.8) is 0 Å². The highest BCUT2D eigenvalue weighted by molar-refractivity contribution is 6.00. The number of esters is 1. The lowest BCUT2D eigenvalue weighted by atomic mass is 9.71. The first kappa shape index (κ1) is 29.3. The van der Waals surface area contributed by atoms with Crippen LogP contribution >= 0.6 is 0 Å². The van der Waals surface area contributed by atoms with Crippen LogP contribution in [0.3, 0.4) is 0 Å². The van der Waals surface area contributed by atoms with Crippen molar-refractivity contribution in [2.45, 2.75) is 96.8 Å². The van der Waals surface area contributed by atoms with Crippen LogP contribution in [0.4, 0.5) is 0 Å². The molecule has 0 radical (unpaired) electrons. The monoisotopic (exact) mass is 520 g/mol. The van der Waals surface area contributed by atoms with Crippen molar-refractivity contribution < 1.29 is 29.0 Å². The number of carboxylic acid groups (broad SMARTS) is 1. The van der Waals surface area contributed by atoms with E-state index in [1.807, 2.05) is 36.4 Å². The number of hydrogen-bond acceptors (Lipinski definition) is 5. The molecule has 6 heteroatoms. The highest BCUT2D eigenvalue weighted by Gasteiger charge is 2.46. The van der Waals surface area contributed by atoms with Crippen LogP contribution in [0.5, 0.6) is 0 Å². The van der Waals surface area contributed by atoms with Crippen molar-refractivity contribution in [2.24, 2.45) is 0 Å². The fraction of sp³-hybridized carbons (Fsp3) is 0.500. The second-order valence-corrected chi connectivity index (χ2v) is 10.2. The Balaban J connectivity index is 2.15. The number of ether oxygens (including phenoxy) is 1. The van der Waals surface area contributed by atoms with Gasteiger partial charge in [-0.3, -0.25) is 19.2 Å². The van der Waals surface area contributed by atoms with E-state index in [9.17, 15) is 24.3 Å². The van der Waals surface area contributed by atoms with Crippen LogP contribution in [-0.4, -0.2) is 35.2 Å². The summed E-state index contributed by atoms with van der Waals surface area (Å²) < 4.78 is 5.33. The van der Waals surface area contributed by atoms with Gasteiger partial charge >= 0.3 is 11.9 Å². The molecule has 0 atom stereocenters. The Morgan fingerprint density at radius 1 is 0.737 bits per heavy atom. The standard InChI is InChI=1S/C32H40O6/c1-4-7-9-11-28(33)22-13-15-24-25-16-14-23(29(34)12-10-8-5-2)20-27(25)32(26(24)19-22,18-17-30(35)36)21-31(37)38-6-3/h13-16,19-20H,4-12,17-18,21H2,1-3H3,(H,35,36). The quantitative estimate of drug-likeness (QED) is 0.142. The Hall–Kier alpha value is -3.28. The van der Waals surface area contributed by atoms with Gasteiger partial charge in [0.1, 0.15) is 0 Å². The Labute approximate surface area is 225 Å². The summed E-state index contributed by atoms with van der Waals surface area (Å²) in [4.78, 5) is 50.8. The highest BCUT2D eigenvalue weighted by Crippen LogP contribution is 2.54. The van der Waals surface area contributed by atoms with E-state index in [-0.39, 0.29) is 37.4 Å². The molecule has 0 amide bonds. The first-order chi connectivity index (χ1) is 18.3. The fourth-order valence-electron chi connectivity index (χ4n) is 5.53. The molecule has 0 aliphatic heterocycles. The van der Waals surface area contributed by atoms with E-state index in [4.69, 9.17) is 4.74 Å². The molecule has 0 spiro atoms. The second kappa shape index (κ2) is 13.5. The smallest absolute Gasteiger partial charge is 0.307 e. The van der Waals surface area contributed by atoms with Gasteiger partial charge in [-0.05, 0) is 60.6 Å². The Bertz CT molecular complexity index is 1110. The van der Waals surface area contributed by atoms with Gasteiger partial charge in [0.15, 0.2) is 11.6 Å². The van der Waals surface area contributed by atoms with Crippen molar-refractivity contribution in [1.29, 1.82) is 0 Å². The van der Waals surface area contributed by atoms with Gasteiger partial charge in [0, 0.05) is 35.8 Å². The molecule has 38 heavy (non-hydrogen) atoms. The van der Waals surface area contributed by atoms with E-state index in [2.05, 4.69) is 13.8 Å². The number of unbranched alkanes of at least 4 members (excludes halogenated alkanes) is 4. The molecule has 0 fully saturated rings. The molecule has 0 saturated carbocycles. The predicted octanol–water partition coefficient (Wildman–Crippen LogP) is 7.30. The van der Waals surface area contributed by atoms with Gasteiger partial charge in [0.05, 0.1) is 13.0 Å². The molecule has 0 saturated heterocycles. The molecule has 2 aromatic carbocycles. The van der Waals surface area contributed by atoms with Crippen molar-refractivity contribution in [2.75, 3.05) is 6.61 Å². The third kappa shape index (κ3) is 6.58. The number of rotatable bonds is 16. The molecule has 204 valence electrons. The number of carbonyl (C=O) groups is 4. The number of ketones is 2. The second-order valence-electron chi connectivity index (χ2n) is 10.2. The predicted molar refractivity (Wildman–Crippen MR) is 148 cm³/mol. The van der Waals surface area contributed by atoms with Crippen LogP contribution in [0, 0.1) is 0 Å². The summed E-state index contributed by atoms with van der Waals surface area (Å²) in [5.74, 6) is -1.34. The average Bonchev–Trinajstić information content (AvgIpc) is 3.16. The average molecular weight is 521 g/mol. The Morgan fingerprint density at radius 2 is 1.24 bits per heavy atom. The fourth-order valence-corrected chi connectivity index (χ4v) is 5.53. The lowest BCUT2D eigenvalue weighted by Crippen LogP contribution is -2.31. The van der Waals surface area contributed by atoms with Gasteiger partial charge in [-0.15, -0.1) is 0 Å². The van der Waals surface area contributed by atoms with Crippen LogP contribution in [0.15, 0.2) is 36.4 Å². The maximum atomic E-state index is 13.0. The minimum absolute atomic E-state index is 0.0345. The largest absolute Gasteiger partial charge is 0.481 e. The number of carboxylic acids is 1. The third-order valence-corrected chi connectivity index (χ3v) is 7.54. The summed E-state index contributed by atoms with van der Waals surface area (Å²) in [6.45, 7) is 6.12. The van der Waals surface area contributed by atoms with Crippen molar-refractivity contribution in [3.8, 4) is 11.1 Å². The maximum Gasteiger partial charge on any atom is 0.307 e. The highest BCUT2D eigenvalue weighted by atomic mass is 16.5. The summed E-state index contributed by atoms with van der Waals surface area (Å²) in [7, 11) is 0. The van der Waals surface area contributed by atoms with E-state index in [0.29, 0.717) is 24.0 Å². The van der Waals surface area contributed by atoms with E-state index in [1.165, 1.54) is 0 Å². The lowest BCUT2D eigenvalue weighted by molar-refractivity contribution is -0.145. The van der Waals surface area contributed by atoms with Crippen LogP contribution in [0.1, 0.15) is 123 Å². The van der Waals surface area contributed by atoms with Crippen LogP contribution in [-0.2, 0) is 19.7 Å². The Kier molecular flexibility index (Phi) is 10.4. The van der Waals surface area contributed by atoms with E-state index in [1.54, 1.807) is 6.92 Å². The number of Topliss-reactive ketones (excluding diaryl/α,β-unsaturated/α-hetero) is 2. The molecule has 1 aliphatic rings. The van der Waals surface area contributed by atoms with Crippen molar-refractivity contribution in [3.05, 3.63) is 58.7 Å². The zero-order valence-electron chi connectivity index (χ0n) is 22.9. The van der Waals surface area contributed by atoms with Gasteiger partial charge < -0.3 is 9.84 Å². The summed E-state index contributed by atoms with van der Waals surface area (Å²) in [5, 5.41) is 9.62. The van der Waals surface area contributed by atoms with Crippen molar-refractivity contribution >= 4 is 23.5 Å². The zero-order valence-corrected chi connectivity index (χ0v) is 22.9. The van der Waals surface area contributed by atoms with Crippen LogP contribution < -0.4 is 0 Å². The zero-order chi connectivity index (χ0) is 27.7. The number of aliphatic carboxylic acids is 1. The van der Waals surface area contributed by atoms with Gasteiger partial charge in [-0.1, -0.05) is 63.8 Å². The Morgan fingerprint density at radius 3 is 1.66 bits per heavy atom. The minimum atomic E-state index is -1.01. The van der Waals surface area contributed by atoms with Gasteiger partial charge in [-0.2, -0.15) is 0 Å². The number of carbonyl (C=O) groups excluding carboxylic acids is 3. The summed E-state index contributed by atoms with van der Waals surface area (Å²) in [6, 6.07) is 11.1. The first-order valence-electron chi connectivity index (χ1n) is 14.0. The molecule has 6 nitrogen and oxygen atoms in total. The normalized spacial score (nSPS) is 13.0. The molecular formula is C32H40O6. The number of fused-ring (bicyclic) bond motifs is 3.